The third-order valence-corrected chi connectivity index (χ3v) is 4.21. The van der Waals surface area contributed by atoms with Gasteiger partial charge in [-0.15, -0.1) is 0 Å². The number of hydrogen-bond donors (Lipinski definition) is 3. The molecule has 0 fully saturated rings. The number of unbranched alkanes of at least 4 members (excludes halogenated alkanes) is 2. The van der Waals surface area contributed by atoms with E-state index in [0.29, 0.717) is 24.2 Å². The molecule has 0 spiro atoms. The number of methoxy groups -OCH3 is 1. The summed E-state index contributed by atoms with van der Waals surface area (Å²) in [5.74, 6) is 0.0615. The van der Waals surface area contributed by atoms with Gasteiger partial charge in [0.1, 0.15) is 12.0 Å². The molecule has 1 rings (SSSR count). The van der Waals surface area contributed by atoms with Crippen molar-refractivity contribution < 1.29 is 34.3 Å². The Balaban J connectivity index is 0.00000150. The third kappa shape index (κ3) is 13.6. The van der Waals surface area contributed by atoms with E-state index in [4.69, 9.17) is 25.6 Å². The van der Waals surface area contributed by atoms with E-state index < -0.39 is 12.6 Å². The largest absolute Gasteiger partial charge is 0.497 e. The van der Waals surface area contributed by atoms with Crippen LogP contribution in [0.1, 0.15) is 38.2 Å². The number of hydrogen-bond acceptors (Lipinski definition) is 8. The van der Waals surface area contributed by atoms with Crippen LogP contribution in [-0.4, -0.2) is 42.8 Å². The molecule has 8 heteroatoms. The highest BCUT2D eigenvalue weighted by Crippen LogP contribution is 2.24. The maximum atomic E-state index is 11.5. The lowest BCUT2D eigenvalue weighted by atomic mass is 10.1. The van der Waals surface area contributed by atoms with Gasteiger partial charge in [0.15, 0.2) is 5.75 Å². The Kier molecular flexibility index (Phi) is 16.4. The summed E-state index contributed by atoms with van der Waals surface area (Å²) in [6.45, 7) is 7.99. The number of allylic oxidation sites excluding steroid dienone is 3. The Hall–Kier alpha value is -3.36. The molecule has 0 saturated heterocycles. The first-order valence-corrected chi connectivity index (χ1v) is 10.5. The number of aliphatic hydroxyl groups excluding tert-OH is 2. The van der Waals surface area contributed by atoms with Crippen molar-refractivity contribution in [3.63, 3.8) is 0 Å². The zero-order valence-corrected chi connectivity index (χ0v) is 19.4. The lowest BCUT2D eigenvalue weighted by Gasteiger charge is -2.09. The van der Waals surface area contributed by atoms with Crippen LogP contribution in [0.2, 0.25) is 0 Å². The summed E-state index contributed by atoms with van der Waals surface area (Å²) in [6, 6.07) is 5.21. The van der Waals surface area contributed by atoms with Crippen LogP contribution < -0.4 is 15.4 Å². The summed E-state index contributed by atoms with van der Waals surface area (Å²) in [7, 11) is 1.54. The second kappa shape index (κ2) is 18.2. The minimum absolute atomic E-state index is 0.0924. The summed E-state index contributed by atoms with van der Waals surface area (Å²) >= 11 is 0. The van der Waals surface area contributed by atoms with Gasteiger partial charge in [0.05, 0.1) is 25.9 Å². The van der Waals surface area contributed by atoms with E-state index in [1.807, 2.05) is 18.2 Å². The Labute approximate surface area is 195 Å². The molecule has 0 heterocycles. The molecule has 0 bridgehead atoms. The molecule has 0 aromatic heterocycles. The van der Waals surface area contributed by atoms with E-state index >= 15 is 0 Å². The van der Waals surface area contributed by atoms with Gasteiger partial charge in [-0.2, -0.15) is 0 Å². The number of benzene rings is 1. The van der Waals surface area contributed by atoms with E-state index in [9.17, 15) is 9.59 Å². The van der Waals surface area contributed by atoms with E-state index in [1.54, 1.807) is 25.4 Å². The van der Waals surface area contributed by atoms with Gasteiger partial charge in [-0.05, 0) is 48.7 Å². The molecule has 0 radical (unpaired) electrons. The number of rotatable bonds is 14. The van der Waals surface area contributed by atoms with E-state index in [1.165, 1.54) is 12.8 Å². The number of ether oxygens (including phenoxy) is 1. The molecule has 182 valence electrons. The predicted octanol–water partition coefficient (Wildman–Crippen LogP) is 3.34. The second-order valence-corrected chi connectivity index (χ2v) is 6.97. The van der Waals surface area contributed by atoms with Gasteiger partial charge in [0.2, 0.25) is 0 Å². The van der Waals surface area contributed by atoms with Crippen molar-refractivity contribution in [3.05, 3.63) is 72.0 Å². The number of aldehydes is 1. The van der Waals surface area contributed by atoms with Crippen LogP contribution in [0, 0.1) is 0 Å². The van der Waals surface area contributed by atoms with Crippen molar-refractivity contribution in [3.8, 4) is 11.5 Å². The Morgan fingerprint density at radius 3 is 2.33 bits per heavy atom. The van der Waals surface area contributed by atoms with Crippen LogP contribution in [0.15, 0.2) is 66.4 Å². The molecule has 1 aromatic rings. The minimum Gasteiger partial charge on any atom is -0.497 e. The van der Waals surface area contributed by atoms with Crippen LogP contribution in [0.5, 0.6) is 11.5 Å². The van der Waals surface area contributed by atoms with Crippen molar-refractivity contribution in [2.45, 2.75) is 39.0 Å². The van der Waals surface area contributed by atoms with Crippen molar-refractivity contribution in [1.29, 1.82) is 0 Å². The topological polar surface area (TPSA) is 128 Å². The lowest BCUT2D eigenvalue weighted by molar-refractivity contribution is -0.209. The Bertz CT molecular complexity index is 828. The van der Waals surface area contributed by atoms with Crippen molar-refractivity contribution in [2.24, 2.45) is 5.73 Å². The molecular weight excluding hydrogens is 426 g/mol. The molecule has 8 nitrogen and oxygen atoms in total. The molecule has 0 amide bonds. The predicted molar refractivity (Wildman–Crippen MR) is 127 cm³/mol. The fraction of sp³-hybridized carbons (Fsp3) is 0.360. The van der Waals surface area contributed by atoms with Gasteiger partial charge in [0.25, 0.3) is 0 Å². The fourth-order valence-corrected chi connectivity index (χ4v) is 2.31. The SMILES string of the molecule is C=C(C=O)CO.C=C(CO)C(=O)OOc1cc(C/C=C\C(=C/N)CCCCC)cc(OC)c1. The minimum atomic E-state index is -0.827. The highest BCUT2D eigenvalue weighted by atomic mass is 17.2. The average Bonchev–Trinajstić information content (AvgIpc) is 2.85. The van der Waals surface area contributed by atoms with E-state index in [0.717, 1.165) is 24.0 Å². The standard InChI is InChI=1S/C21H29NO5.C4H6O2/c1-4-5-6-8-17(14-22)9-7-10-18-11-19(25-3)13-20(12-18)26-27-21(24)16(2)15-23;1-4(2-5)3-6/h7,9,11-14,23H,2,4-6,8,10,15,22H2,1,3H3;2,6H,1,3H2/b9-7-,17-14-;. The van der Waals surface area contributed by atoms with Crippen LogP contribution in [0.4, 0.5) is 0 Å². The molecule has 1 aromatic carbocycles. The van der Waals surface area contributed by atoms with Crippen molar-refractivity contribution in [2.75, 3.05) is 20.3 Å². The zero-order valence-electron chi connectivity index (χ0n) is 19.4. The average molecular weight is 462 g/mol. The van der Waals surface area contributed by atoms with Gasteiger partial charge in [-0.1, -0.05) is 45.1 Å². The van der Waals surface area contributed by atoms with Crippen molar-refractivity contribution in [1.82, 2.24) is 0 Å². The van der Waals surface area contributed by atoms with Gasteiger partial charge in [0, 0.05) is 11.6 Å². The van der Waals surface area contributed by atoms with Crippen LogP contribution in [0.25, 0.3) is 0 Å². The third-order valence-electron chi connectivity index (χ3n) is 4.21. The van der Waals surface area contributed by atoms with Gasteiger partial charge in [-0.3, -0.25) is 9.68 Å². The summed E-state index contributed by atoms with van der Waals surface area (Å²) in [6.07, 6.45) is 11.3. The summed E-state index contributed by atoms with van der Waals surface area (Å²) in [5.41, 5.74) is 7.82. The highest BCUT2D eigenvalue weighted by molar-refractivity contribution is 5.87. The Morgan fingerprint density at radius 1 is 1.12 bits per heavy atom. The van der Waals surface area contributed by atoms with Gasteiger partial charge >= 0.3 is 5.97 Å². The van der Waals surface area contributed by atoms with E-state index in [-0.39, 0.29) is 17.8 Å². The molecule has 0 aliphatic heterocycles. The number of nitrogens with two attached hydrogens (primary N) is 1. The first-order valence-electron chi connectivity index (χ1n) is 10.5. The summed E-state index contributed by atoms with van der Waals surface area (Å²) in [4.78, 5) is 30.7. The zero-order chi connectivity index (χ0) is 25.1. The van der Waals surface area contributed by atoms with Crippen LogP contribution in [0.3, 0.4) is 0 Å². The highest BCUT2D eigenvalue weighted by Gasteiger charge is 2.10. The molecule has 4 N–H and O–H groups in total. The fourth-order valence-electron chi connectivity index (χ4n) is 2.31. The van der Waals surface area contributed by atoms with Gasteiger partial charge in [-0.25, -0.2) is 9.68 Å². The normalized spacial score (nSPS) is 10.7. The van der Waals surface area contributed by atoms with E-state index in [2.05, 4.69) is 25.0 Å². The molecule has 0 saturated carbocycles. The summed E-state index contributed by atoms with van der Waals surface area (Å²) < 4.78 is 5.25. The Morgan fingerprint density at radius 2 is 1.82 bits per heavy atom. The van der Waals surface area contributed by atoms with Crippen LogP contribution >= 0.6 is 0 Å². The molecular formula is C25H35NO7. The number of carbonyl (C=O) groups is 2. The maximum absolute atomic E-state index is 11.5. The first kappa shape index (κ1) is 29.6. The maximum Gasteiger partial charge on any atom is 0.383 e. The number of carbonyl (C=O) groups excluding carboxylic acids is 2. The monoisotopic (exact) mass is 461 g/mol. The quantitative estimate of drug-likeness (QED) is 0.0961. The van der Waals surface area contributed by atoms with Crippen molar-refractivity contribution >= 4 is 12.3 Å². The summed E-state index contributed by atoms with van der Waals surface area (Å²) in [5, 5.41) is 16.9. The molecule has 0 aliphatic rings. The molecule has 0 aliphatic carbocycles. The number of aliphatic hydroxyl groups is 2. The van der Waals surface area contributed by atoms with Crippen LogP contribution in [-0.2, 0) is 20.9 Å². The molecule has 0 unspecified atom stereocenters. The smallest absolute Gasteiger partial charge is 0.383 e. The lowest BCUT2D eigenvalue weighted by Crippen LogP contribution is -2.12. The molecule has 33 heavy (non-hydrogen) atoms. The second-order valence-electron chi connectivity index (χ2n) is 6.97. The van der Waals surface area contributed by atoms with Gasteiger partial charge < -0.3 is 20.7 Å². The molecule has 0 atom stereocenters. The first-order chi connectivity index (χ1) is 15.8.